The third kappa shape index (κ3) is 4.40. The molecule has 230 valence electrons. The molecule has 3 nitrogen and oxygen atoms in total. The lowest BCUT2D eigenvalue weighted by Gasteiger charge is -2.33. The van der Waals surface area contributed by atoms with Crippen molar-refractivity contribution in [3.63, 3.8) is 0 Å². The van der Waals surface area contributed by atoms with Crippen molar-refractivity contribution in [2.24, 2.45) is 0 Å². The van der Waals surface area contributed by atoms with Crippen LogP contribution in [0.25, 0.3) is 72.5 Å². The number of benzene rings is 7. The molecule has 0 spiro atoms. The Morgan fingerprint density at radius 2 is 1.12 bits per heavy atom. The minimum absolute atomic E-state index is 1.04. The third-order valence-corrected chi connectivity index (χ3v) is 13.7. The van der Waals surface area contributed by atoms with E-state index in [-0.39, 0.29) is 0 Å². The third-order valence-electron chi connectivity index (χ3n) is 9.31. The van der Waals surface area contributed by atoms with Crippen LogP contribution in [-0.4, -0.2) is 9.97 Å². The molecule has 0 saturated carbocycles. The maximum Gasteiger partial charge on any atom is 0.124 e. The number of aromatic nitrogens is 2. The first-order valence-corrected chi connectivity index (χ1v) is 19.3. The second-order valence-electron chi connectivity index (χ2n) is 12.2. The summed E-state index contributed by atoms with van der Waals surface area (Å²) < 4.78 is 5.04. The number of hydrogen-bond acceptors (Lipinski definition) is 7. The molecule has 7 aromatic carbocycles. The number of rotatable bonds is 3. The number of nitrogens with zero attached hydrogens (tertiary/aromatic N) is 3. The van der Waals surface area contributed by atoms with Crippen molar-refractivity contribution in [2.45, 2.75) is 9.79 Å². The zero-order valence-electron chi connectivity index (χ0n) is 25.8. The Hall–Kier alpha value is -5.05. The first-order chi connectivity index (χ1) is 24.2. The van der Waals surface area contributed by atoms with Crippen LogP contribution in [0.3, 0.4) is 0 Å². The van der Waals surface area contributed by atoms with Gasteiger partial charge in [0.1, 0.15) is 10.0 Å². The summed E-state index contributed by atoms with van der Waals surface area (Å²) in [4.78, 5) is 14.8. The van der Waals surface area contributed by atoms with Crippen molar-refractivity contribution >= 4 is 114 Å². The van der Waals surface area contributed by atoms with Crippen LogP contribution in [0.1, 0.15) is 0 Å². The number of anilines is 3. The lowest BCUT2D eigenvalue weighted by Crippen LogP contribution is -2.14. The average Bonchev–Trinajstić information content (AvgIpc) is 3.88. The largest absolute Gasteiger partial charge is 0.308 e. The van der Waals surface area contributed by atoms with Crippen molar-refractivity contribution in [2.75, 3.05) is 4.90 Å². The Labute approximate surface area is 297 Å². The summed E-state index contributed by atoms with van der Waals surface area (Å²) in [5, 5.41) is 7.35. The molecule has 7 heteroatoms. The zero-order valence-corrected chi connectivity index (χ0v) is 29.0. The van der Waals surface area contributed by atoms with Gasteiger partial charge in [-0.25, -0.2) is 9.97 Å². The summed E-state index contributed by atoms with van der Waals surface area (Å²) in [6.07, 6.45) is 0. The van der Waals surface area contributed by atoms with E-state index in [2.05, 4.69) is 144 Å². The fourth-order valence-electron chi connectivity index (χ4n) is 7.00. The Bertz CT molecular complexity index is 2870. The molecule has 10 aromatic rings. The Balaban J connectivity index is 1.09. The lowest BCUT2D eigenvalue weighted by molar-refractivity contribution is 1.17. The molecule has 1 aliphatic heterocycles. The summed E-state index contributed by atoms with van der Waals surface area (Å²) >= 11 is 7.24. The first-order valence-electron chi connectivity index (χ1n) is 16.1. The van der Waals surface area contributed by atoms with Gasteiger partial charge in [0.15, 0.2) is 0 Å². The van der Waals surface area contributed by atoms with E-state index in [0.29, 0.717) is 0 Å². The van der Waals surface area contributed by atoms with Crippen molar-refractivity contribution in [1.82, 2.24) is 9.97 Å². The standard InChI is InChI=1S/C42H23N3S4/c1-2-8-28-24(7-1)16-20-36-40(28)29-22-39-33(23-37(29)46-36)45(27-17-13-25(14-18-27)41-43-30-9-3-5-11-34(30)48-41)32-19-15-26(21-38(32)47-39)42-44-31-10-4-6-12-35(31)49-42/h1-23H. The maximum atomic E-state index is 5.00. The lowest BCUT2D eigenvalue weighted by atomic mass is 10.0. The summed E-state index contributed by atoms with van der Waals surface area (Å²) in [5.74, 6) is 0. The van der Waals surface area contributed by atoms with Gasteiger partial charge in [-0.1, -0.05) is 66.4 Å². The molecule has 49 heavy (non-hydrogen) atoms. The highest BCUT2D eigenvalue weighted by molar-refractivity contribution is 7.99. The Morgan fingerprint density at radius 3 is 1.90 bits per heavy atom. The molecule has 1 aliphatic rings. The minimum Gasteiger partial charge on any atom is -0.308 e. The highest BCUT2D eigenvalue weighted by atomic mass is 32.2. The Morgan fingerprint density at radius 1 is 0.449 bits per heavy atom. The highest BCUT2D eigenvalue weighted by Crippen LogP contribution is 2.55. The number of thiazole rings is 2. The van der Waals surface area contributed by atoms with Gasteiger partial charge < -0.3 is 4.90 Å². The number of hydrogen-bond donors (Lipinski definition) is 0. The first kappa shape index (κ1) is 27.9. The van der Waals surface area contributed by atoms with Gasteiger partial charge in [0.2, 0.25) is 0 Å². The van der Waals surface area contributed by atoms with Crippen molar-refractivity contribution in [3.8, 4) is 21.1 Å². The predicted octanol–water partition coefficient (Wildman–Crippen LogP) is 13.7. The van der Waals surface area contributed by atoms with Gasteiger partial charge in [0, 0.05) is 46.8 Å². The minimum atomic E-state index is 1.04. The molecule has 0 saturated heterocycles. The van der Waals surface area contributed by atoms with Gasteiger partial charge in [-0.3, -0.25) is 0 Å². The molecule has 0 bridgehead atoms. The van der Waals surface area contributed by atoms with Crippen LogP contribution in [0.15, 0.2) is 149 Å². The van der Waals surface area contributed by atoms with Crippen LogP contribution in [0.5, 0.6) is 0 Å². The SMILES string of the molecule is c1ccc2c(c1)ccc1sc3cc4c(cc3c12)Sc1cc(-c2nc3ccccc3s2)ccc1N4c1ccc(-c2nc3ccccc3s2)cc1. The molecule has 0 unspecified atom stereocenters. The molecule has 11 rings (SSSR count). The number of thiophene rings is 1. The summed E-state index contributed by atoms with van der Waals surface area (Å²) in [6.45, 7) is 0. The van der Waals surface area contributed by atoms with Gasteiger partial charge in [0.05, 0.1) is 31.8 Å². The van der Waals surface area contributed by atoms with Gasteiger partial charge in [-0.2, -0.15) is 0 Å². The van der Waals surface area contributed by atoms with Crippen LogP contribution in [0.4, 0.5) is 17.1 Å². The predicted molar refractivity (Wildman–Crippen MR) is 213 cm³/mol. The van der Waals surface area contributed by atoms with E-state index in [0.717, 1.165) is 37.9 Å². The molecule has 0 atom stereocenters. The molecule has 0 radical (unpaired) electrons. The van der Waals surface area contributed by atoms with E-state index < -0.39 is 0 Å². The molecule has 0 N–H and O–H groups in total. The van der Waals surface area contributed by atoms with Crippen LogP contribution in [0.2, 0.25) is 0 Å². The number of fused-ring (bicyclic) bond motifs is 9. The van der Waals surface area contributed by atoms with E-state index in [9.17, 15) is 0 Å². The number of para-hydroxylation sites is 2. The summed E-state index contributed by atoms with van der Waals surface area (Å²) in [7, 11) is 0. The second-order valence-corrected chi connectivity index (χ2v) is 16.4. The summed E-state index contributed by atoms with van der Waals surface area (Å²) in [6, 6.07) is 50.6. The molecular formula is C42H23N3S4. The molecule has 0 fully saturated rings. The average molecular weight is 698 g/mol. The second kappa shape index (κ2) is 10.7. The van der Waals surface area contributed by atoms with Crippen molar-refractivity contribution < 1.29 is 0 Å². The fraction of sp³-hybridized carbons (Fsp3) is 0. The smallest absolute Gasteiger partial charge is 0.124 e. The van der Waals surface area contributed by atoms with Gasteiger partial charge in [0.25, 0.3) is 0 Å². The highest BCUT2D eigenvalue weighted by Gasteiger charge is 2.27. The van der Waals surface area contributed by atoms with Crippen LogP contribution < -0.4 is 4.90 Å². The van der Waals surface area contributed by atoms with E-state index >= 15 is 0 Å². The molecular weight excluding hydrogens is 675 g/mol. The van der Waals surface area contributed by atoms with E-state index in [1.165, 1.54) is 61.5 Å². The normalized spacial score (nSPS) is 12.8. The van der Waals surface area contributed by atoms with E-state index in [4.69, 9.17) is 9.97 Å². The van der Waals surface area contributed by atoms with Gasteiger partial charge >= 0.3 is 0 Å². The monoisotopic (exact) mass is 697 g/mol. The molecule has 4 heterocycles. The van der Waals surface area contributed by atoms with Crippen LogP contribution in [-0.2, 0) is 0 Å². The fourth-order valence-corrected chi connectivity index (χ4v) is 11.2. The molecule has 0 aliphatic carbocycles. The summed E-state index contributed by atoms with van der Waals surface area (Å²) in [5.41, 5.74) is 7.90. The molecule has 0 amide bonds. The van der Waals surface area contributed by atoms with Crippen molar-refractivity contribution in [1.29, 1.82) is 0 Å². The quantitative estimate of drug-likeness (QED) is 0.184. The van der Waals surface area contributed by atoms with Gasteiger partial charge in [-0.05, 0) is 95.7 Å². The maximum absolute atomic E-state index is 5.00. The molecule has 3 aromatic heterocycles. The van der Waals surface area contributed by atoms with Gasteiger partial charge in [-0.15, -0.1) is 34.0 Å². The van der Waals surface area contributed by atoms with Crippen LogP contribution in [0, 0.1) is 0 Å². The van der Waals surface area contributed by atoms with Crippen LogP contribution >= 0.6 is 45.8 Å². The van der Waals surface area contributed by atoms with E-state index in [1.807, 2.05) is 23.1 Å². The van der Waals surface area contributed by atoms with Crippen molar-refractivity contribution in [3.05, 3.63) is 140 Å². The topological polar surface area (TPSA) is 29.0 Å². The zero-order chi connectivity index (χ0) is 32.1. The Kier molecular flexibility index (Phi) is 6.10. The van der Waals surface area contributed by atoms with E-state index in [1.54, 1.807) is 22.7 Å².